The molecule has 6 heteroatoms. The molecule has 114 valence electrons. The van der Waals surface area contributed by atoms with Gasteiger partial charge in [0.25, 0.3) is 5.69 Å². The molecule has 21 heavy (non-hydrogen) atoms. The highest BCUT2D eigenvalue weighted by Gasteiger charge is 2.18. The smallest absolute Gasteiger partial charge is 0.269 e. The number of hydrogen-bond acceptors (Lipinski definition) is 4. The van der Waals surface area contributed by atoms with Gasteiger partial charge < -0.3 is 4.90 Å². The third-order valence-electron chi connectivity index (χ3n) is 3.27. The van der Waals surface area contributed by atoms with Crippen LogP contribution in [0.15, 0.2) is 23.2 Å². The van der Waals surface area contributed by atoms with Crippen molar-refractivity contribution in [3.63, 3.8) is 0 Å². The lowest BCUT2D eigenvalue weighted by molar-refractivity contribution is -0.384. The van der Waals surface area contributed by atoms with Crippen LogP contribution in [-0.2, 0) is 0 Å². The molecular formula is C15H21N3O2S. The first-order chi connectivity index (χ1) is 9.97. The molecule has 1 fully saturated rings. The molecule has 1 heterocycles. The zero-order valence-corrected chi connectivity index (χ0v) is 13.5. The number of nitro groups is 1. The quantitative estimate of drug-likeness (QED) is 0.623. The number of aryl methyl sites for hydroxylation is 1. The first-order valence-corrected chi connectivity index (χ1v) is 8.17. The summed E-state index contributed by atoms with van der Waals surface area (Å²) in [6, 6.07) is 4.84. The lowest BCUT2D eigenvalue weighted by Crippen LogP contribution is -2.36. The van der Waals surface area contributed by atoms with E-state index in [-0.39, 0.29) is 10.6 Å². The maximum Gasteiger partial charge on any atom is 0.269 e. The second-order valence-electron chi connectivity index (χ2n) is 5.66. The van der Waals surface area contributed by atoms with Crippen LogP contribution in [0.2, 0.25) is 0 Å². The van der Waals surface area contributed by atoms with Crippen LogP contribution in [0.4, 0.5) is 11.4 Å². The van der Waals surface area contributed by atoms with Crippen molar-refractivity contribution < 1.29 is 4.92 Å². The van der Waals surface area contributed by atoms with Crippen molar-refractivity contribution in [2.75, 3.05) is 18.8 Å². The molecule has 0 N–H and O–H groups in total. The Labute approximate surface area is 129 Å². The summed E-state index contributed by atoms with van der Waals surface area (Å²) in [6.07, 6.45) is 1.18. The fourth-order valence-corrected chi connectivity index (χ4v) is 3.27. The number of nitrogens with zero attached hydrogens (tertiary/aromatic N) is 3. The number of non-ortho nitro benzene ring substituents is 1. The van der Waals surface area contributed by atoms with Gasteiger partial charge in [-0.3, -0.25) is 10.1 Å². The van der Waals surface area contributed by atoms with Crippen molar-refractivity contribution in [2.45, 2.75) is 27.2 Å². The van der Waals surface area contributed by atoms with E-state index in [4.69, 9.17) is 4.99 Å². The van der Waals surface area contributed by atoms with E-state index >= 15 is 0 Å². The SMILES string of the molecule is Cc1cc([N+](=O)[O-])ccc1N=C1SCCCN1CC(C)C. The molecule has 0 spiro atoms. The molecule has 5 nitrogen and oxygen atoms in total. The number of nitro benzene ring substituents is 1. The Bertz CT molecular complexity index is 558. The number of rotatable bonds is 4. The third kappa shape index (κ3) is 4.20. The Kier molecular flexibility index (Phi) is 5.22. The van der Waals surface area contributed by atoms with Crippen LogP contribution < -0.4 is 0 Å². The van der Waals surface area contributed by atoms with Crippen molar-refractivity contribution in [1.82, 2.24) is 4.90 Å². The van der Waals surface area contributed by atoms with Gasteiger partial charge >= 0.3 is 0 Å². The minimum absolute atomic E-state index is 0.117. The third-order valence-corrected chi connectivity index (χ3v) is 4.37. The van der Waals surface area contributed by atoms with Gasteiger partial charge in [0.1, 0.15) is 0 Å². The van der Waals surface area contributed by atoms with Crippen LogP contribution in [0.3, 0.4) is 0 Å². The van der Waals surface area contributed by atoms with Crippen LogP contribution in [-0.4, -0.2) is 33.8 Å². The van der Waals surface area contributed by atoms with E-state index in [1.807, 2.05) is 6.92 Å². The van der Waals surface area contributed by atoms with Crippen LogP contribution in [0.1, 0.15) is 25.8 Å². The van der Waals surface area contributed by atoms with Gasteiger partial charge in [0, 0.05) is 31.0 Å². The fraction of sp³-hybridized carbons (Fsp3) is 0.533. The second-order valence-corrected chi connectivity index (χ2v) is 6.73. The van der Waals surface area contributed by atoms with E-state index < -0.39 is 0 Å². The van der Waals surface area contributed by atoms with Gasteiger partial charge in [-0.1, -0.05) is 25.6 Å². The highest BCUT2D eigenvalue weighted by molar-refractivity contribution is 8.13. The summed E-state index contributed by atoms with van der Waals surface area (Å²) >= 11 is 1.77. The topological polar surface area (TPSA) is 58.7 Å². The van der Waals surface area contributed by atoms with E-state index in [0.717, 1.165) is 35.3 Å². The van der Waals surface area contributed by atoms with Gasteiger partial charge in [-0.2, -0.15) is 0 Å². The largest absolute Gasteiger partial charge is 0.351 e. The highest BCUT2D eigenvalue weighted by Crippen LogP contribution is 2.27. The van der Waals surface area contributed by atoms with Gasteiger partial charge in [-0.25, -0.2) is 4.99 Å². The number of thioether (sulfide) groups is 1. The molecule has 0 radical (unpaired) electrons. The van der Waals surface area contributed by atoms with Crippen molar-refractivity contribution in [1.29, 1.82) is 0 Å². The summed E-state index contributed by atoms with van der Waals surface area (Å²) in [7, 11) is 0. The van der Waals surface area contributed by atoms with Crippen molar-refractivity contribution in [3.05, 3.63) is 33.9 Å². The molecular weight excluding hydrogens is 286 g/mol. The average Bonchev–Trinajstić information content (AvgIpc) is 2.42. The molecule has 0 amide bonds. The van der Waals surface area contributed by atoms with Gasteiger partial charge in [-0.05, 0) is 30.9 Å². The van der Waals surface area contributed by atoms with E-state index in [1.165, 1.54) is 12.5 Å². The molecule has 1 aliphatic rings. The monoisotopic (exact) mass is 307 g/mol. The summed E-state index contributed by atoms with van der Waals surface area (Å²) in [5.41, 5.74) is 1.78. The van der Waals surface area contributed by atoms with E-state index in [1.54, 1.807) is 23.9 Å². The molecule has 0 atom stereocenters. The first kappa shape index (κ1) is 15.8. The average molecular weight is 307 g/mol. The molecule has 0 bridgehead atoms. The van der Waals surface area contributed by atoms with Gasteiger partial charge in [0.2, 0.25) is 0 Å². The van der Waals surface area contributed by atoms with Crippen molar-refractivity contribution in [2.24, 2.45) is 10.9 Å². The van der Waals surface area contributed by atoms with Gasteiger partial charge in [0.15, 0.2) is 5.17 Å². The lowest BCUT2D eigenvalue weighted by Gasteiger charge is -2.31. The summed E-state index contributed by atoms with van der Waals surface area (Å²) in [5, 5.41) is 11.8. The molecule has 0 saturated carbocycles. The van der Waals surface area contributed by atoms with Crippen LogP contribution in [0.25, 0.3) is 0 Å². The first-order valence-electron chi connectivity index (χ1n) is 7.19. The Morgan fingerprint density at radius 1 is 1.48 bits per heavy atom. The zero-order chi connectivity index (χ0) is 15.4. The maximum absolute atomic E-state index is 10.8. The van der Waals surface area contributed by atoms with E-state index in [9.17, 15) is 10.1 Å². The summed E-state index contributed by atoms with van der Waals surface area (Å²) < 4.78 is 0. The van der Waals surface area contributed by atoms with Crippen LogP contribution >= 0.6 is 11.8 Å². The molecule has 0 aliphatic carbocycles. The van der Waals surface area contributed by atoms with Gasteiger partial charge in [0.05, 0.1) is 10.6 Å². The van der Waals surface area contributed by atoms with E-state index in [0.29, 0.717) is 5.92 Å². The standard InChI is InChI=1S/C15H21N3O2S/c1-11(2)10-17-7-4-8-21-15(17)16-14-6-5-13(18(19)20)9-12(14)3/h5-6,9,11H,4,7-8,10H2,1-3H3. The maximum atomic E-state index is 10.8. The Balaban J connectivity index is 2.25. The second kappa shape index (κ2) is 6.93. The molecule has 1 aliphatic heterocycles. The lowest BCUT2D eigenvalue weighted by atomic mass is 10.2. The van der Waals surface area contributed by atoms with Crippen molar-refractivity contribution >= 4 is 28.3 Å². The zero-order valence-electron chi connectivity index (χ0n) is 12.7. The summed E-state index contributed by atoms with van der Waals surface area (Å²) in [4.78, 5) is 17.5. The molecule has 2 rings (SSSR count). The molecule has 1 aromatic carbocycles. The minimum Gasteiger partial charge on any atom is -0.351 e. The molecule has 0 aromatic heterocycles. The highest BCUT2D eigenvalue weighted by atomic mass is 32.2. The Hall–Kier alpha value is -1.56. The van der Waals surface area contributed by atoms with Crippen LogP contribution in [0, 0.1) is 23.0 Å². The molecule has 1 aromatic rings. The predicted molar refractivity (Wildman–Crippen MR) is 88.4 cm³/mol. The number of amidine groups is 1. The Morgan fingerprint density at radius 3 is 2.86 bits per heavy atom. The predicted octanol–water partition coefficient (Wildman–Crippen LogP) is 3.99. The fourth-order valence-electron chi connectivity index (χ4n) is 2.30. The number of benzene rings is 1. The molecule has 0 unspecified atom stereocenters. The van der Waals surface area contributed by atoms with Crippen molar-refractivity contribution in [3.8, 4) is 0 Å². The minimum atomic E-state index is -0.371. The summed E-state index contributed by atoms with van der Waals surface area (Å²) in [5.74, 6) is 1.67. The van der Waals surface area contributed by atoms with Crippen LogP contribution in [0.5, 0.6) is 0 Å². The number of aliphatic imine (C=N–C) groups is 1. The number of hydrogen-bond donors (Lipinski definition) is 0. The molecule has 1 saturated heterocycles. The summed E-state index contributed by atoms with van der Waals surface area (Å²) in [6.45, 7) is 8.31. The Morgan fingerprint density at radius 2 is 2.24 bits per heavy atom. The van der Waals surface area contributed by atoms with Gasteiger partial charge in [-0.15, -0.1) is 0 Å². The van der Waals surface area contributed by atoms with E-state index in [2.05, 4.69) is 18.7 Å². The normalized spacial score (nSPS) is 17.5.